The number of rotatable bonds is 5. The zero-order valence-corrected chi connectivity index (χ0v) is 12.8. The molecule has 0 aliphatic carbocycles. The van der Waals surface area contributed by atoms with E-state index < -0.39 is 24.4 Å². The molecule has 1 aliphatic heterocycles. The molecule has 0 unspecified atom stereocenters. The average Bonchev–Trinajstić information content (AvgIpc) is 2.68. The van der Waals surface area contributed by atoms with E-state index in [1.54, 1.807) is 4.90 Å². The summed E-state index contributed by atoms with van der Waals surface area (Å²) in [7, 11) is 1.49. The first-order valence-corrected chi connectivity index (χ1v) is 6.81. The first-order chi connectivity index (χ1) is 9.29. The lowest BCUT2D eigenvalue weighted by Crippen LogP contribution is -2.43. The van der Waals surface area contributed by atoms with Crippen LogP contribution in [0.4, 0.5) is 4.79 Å². The number of hydrogen-bond donors (Lipinski definition) is 1. The molecule has 6 nitrogen and oxygen atoms in total. The molecule has 3 atom stereocenters. The second kappa shape index (κ2) is 7.06. The molecule has 1 N–H and O–H groups in total. The van der Waals surface area contributed by atoms with Gasteiger partial charge in [0.2, 0.25) is 0 Å². The second-order valence-electron chi connectivity index (χ2n) is 5.45. The Labute approximate surface area is 120 Å². The molecule has 0 aromatic rings. The summed E-state index contributed by atoms with van der Waals surface area (Å²) in [5, 5.41) is 9.97. The number of aliphatic hydroxyl groups excluding tert-OH is 1. The number of amides is 1. The molecule has 1 saturated heterocycles. The fourth-order valence-electron chi connectivity index (χ4n) is 2.32. The quantitative estimate of drug-likeness (QED) is 0.777. The highest BCUT2D eigenvalue weighted by Gasteiger charge is 2.39. The maximum absolute atomic E-state index is 12.1. The Bertz CT molecular complexity index is 347. The van der Waals surface area contributed by atoms with Gasteiger partial charge in [0.15, 0.2) is 0 Å². The summed E-state index contributed by atoms with van der Waals surface area (Å²) in [6.07, 6.45) is -2.55. The van der Waals surface area contributed by atoms with E-state index in [0.717, 1.165) is 0 Å². The molecule has 0 radical (unpaired) electrons. The molecule has 0 saturated carbocycles. The van der Waals surface area contributed by atoms with Gasteiger partial charge < -0.3 is 24.2 Å². The SMILES string of the molecule is C=C(OC(=O)N(C(C)C)C(C)C)[C@H]1OC[C@H](OC)[C@H]1O. The smallest absolute Gasteiger partial charge is 0.412 e. The number of ether oxygens (including phenoxy) is 3. The Balaban J connectivity index is 2.64. The van der Waals surface area contributed by atoms with Gasteiger partial charge in [-0.2, -0.15) is 0 Å². The highest BCUT2D eigenvalue weighted by molar-refractivity contribution is 5.69. The maximum atomic E-state index is 12.1. The Kier molecular flexibility index (Phi) is 5.98. The Morgan fingerprint density at radius 3 is 2.30 bits per heavy atom. The highest BCUT2D eigenvalue weighted by atomic mass is 16.6. The van der Waals surface area contributed by atoms with Crippen LogP contribution in [0.2, 0.25) is 0 Å². The maximum Gasteiger partial charge on any atom is 0.415 e. The van der Waals surface area contributed by atoms with Crippen LogP contribution < -0.4 is 0 Å². The van der Waals surface area contributed by atoms with E-state index in [1.807, 2.05) is 27.7 Å². The number of methoxy groups -OCH3 is 1. The van der Waals surface area contributed by atoms with Crippen molar-refractivity contribution in [3.05, 3.63) is 12.3 Å². The first-order valence-electron chi connectivity index (χ1n) is 6.81. The molecule has 1 heterocycles. The molecule has 1 rings (SSSR count). The van der Waals surface area contributed by atoms with E-state index >= 15 is 0 Å². The van der Waals surface area contributed by atoms with Gasteiger partial charge in [0.25, 0.3) is 0 Å². The van der Waals surface area contributed by atoms with Crippen molar-refractivity contribution in [2.75, 3.05) is 13.7 Å². The minimum Gasteiger partial charge on any atom is -0.412 e. The zero-order valence-electron chi connectivity index (χ0n) is 12.8. The number of nitrogens with zero attached hydrogens (tertiary/aromatic N) is 1. The van der Waals surface area contributed by atoms with Gasteiger partial charge in [-0.1, -0.05) is 6.58 Å². The molecule has 1 amide bonds. The van der Waals surface area contributed by atoms with Crippen molar-refractivity contribution in [1.82, 2.24) is 4.90 Å². The van der Waals surface area contributed by atoms with Crippen LogP contribution in [-0.2, 0) is 14.2 Å². The van der Waals surface area contributed by atoms with Crippen molar-refractivity contribution in [3.8, 4) is 0 Å². The van der Waals surface area contributed by atoms with Gasteiger partial charge in [-0.25, -0.2) is 4.79 Å². The molecule has 0 spiro atoms. The highest BCUT2D eigenvalue weighted by Crippen LogP contribution is 2.23. The average molecular weight is 287 g/mol. The van der Waals surface area contributed by atoms with E-state index in [9.17, 15) is 9.90 Å². The topological polar surface area (TPSA) is 68.2 Å². The van der Waals surface area contributed by atoms with Crippen molar-refractivity contribution >= 4 is 6.09 Å². The minimum atomic E-state index is -0.883. The predicted molar refractivity (Wildman–Crippen MR) is 74.3 cm³/mol. The molecule has 1 aliphatic rings. The van der Waals surface area contributed by atoms with Crippen molar-refractivity contribution in [3.63, 3.8) is 0 Å². The molecule has 116 valence electrons. The van der Waals surface area contributed by atoms with E-state index in [0.29, 0.717) is 0 Å². The van der Waals surface area contributed by atoms with Crippen LogP contribution in [0.3, 0.4) is 0 Å². The van der Waals surface area contributed by atoms with Crippen LogP contribution in [0, 0.1) is 0 Å². The monoisotopic (exact) mass is 287 g/mol. The van der Waals surface area contributed by atoms with Crippen LogP contribution in [0.1, 0.15) is 27.7 Å². The lowest BCUT2D eigenvalue weighted by Gasteiger charge is -2.30. The van der Waals surface area contributed by atoms with Gasteiger partial charge >= 0.3 is 6.09 Å². The van der Waals surface area contributed by atoms with E-state index in [2.05, 4.69) is 6.58 Å². The van der Waals surface area contributed by atoms with Crippen molar-refractivity contribution in [2.45, 2.75) is 58.1 Å². The number of carbonyl (C=O) groups excluding carboxylic acids is 1. The first kappa shape index (κ1) is 16.9. The van der Waals surface area contributed by atoms with Gasteiger partial charge in [-0.05, 0) is 27.7 Å². The van der Waals surface area contributed by atoms with E-state index in [-0.39, 0.29) is 24.4 Å². The molecule has 1 fully saturated rings. The lowest BCUT2D eigenvalue weighted by molar-refractivity contribution is -0.000133. The van der Waals surface area contributed by atoms with Crippen molar-refractivity contribution < 1.29 is 24.1 Å². The van der Waals surface area contributed by atoms with Gasteiger partial charge in [0.1, 0.15) is 24.1 Å². The van der Waals surface area contributed by atoms with Gasteiger partial charge in [0.05, 0.1) is 6.61 Å². The second-order valence-corrected chi connectivity index (χ2v) is 5.45. The Morgan fingerprint density at radius 1 is 1.35 bits per heavy atom. The van der Waals surface area contributed by atoms with Crippen molar-refractivity contribution in [2.24, 2.45) is 0 Å². The van der Waals surface area contributed by atoms with E-state index in [1.165, 1.54) is 7.11 Å². The molecule has 6 heteroatoms. The Hall–Kier alpha value is -1.11. The lowest BCUT2D eigenvalue weighted by atomic mass is 10.1. The van der Waals surface area contributed by atoms with Gasteiger partial charge in [-0.15, -0.1) is 0 Å². The van der Waals surface area contributed by atoms with Crippen LogP contribution in [0.5, 0.6) is 0 Å². The van der Waals surface area contributed by atoms with Crippen molar-refractivity contribution in [1.29, 1.82) is 0 Å². The largest absolute Gasteiger partial charge is 0.415 e. The summed E-state index contributed by atoms with van der Waals surface area (Å²) in [5.41, 5.74) is 0. The third kappa shape index (κ3) is 3.71. The summed E-state index contributed by atoms with van der Waals surface area (Å²) in [6, 6.07) is 0.0212. The molecular weight excluding hydrogens is 262 g/mol. The molecule has 0 aromatic carbocycles. The van der Waals surface area contributed by atoms with Crippen LogP contribution in [0.25, 0.3) is 0 Å². The van der Waals surface area contributed by atoms with Crippen LogP contribution in [-0.4, -0.2) is 60.2 Å². The summed E-state index contributed by atoms with van der Waals surface area (Å²) in [4.78, 5) is 13.7. The number of hydrogen-bond acceptors (Lipinski definition) is 5. The fraction of sp³-hybridized carbons (Fsp3) is 0.786. The molecule has 20 heavy (non-hydrogen) atoms. The minimum absolute atomic E-state index is 0.0106. The van der Waals surface area contributed by atoms with Gasteiger partial charge in [-0.3, -0.25) is 0 Å². The third-order valence-electron chi connectivity index (χ3n) is 3.29. The normalized spacial score (nSPS) is 26.1. The van der Waals surface area contributed by atoms with Crippen LogP contribution >= 0.6 is 0 Å². The summed E-state index contributed by atoms with van der Waals surface area (Å²) in [5.74, 6) is 0.105. The number of carbonyl (C=O) groups is 1. The predicted octanol–water partition coefficient (Wildman–Crippen LogP) is 1.53. The Morgan fingerprint density at radius 2 is 1.90 bits per heavy atom. The molecule has 0 aromatic heterocycles. The zero-order chi connectivity index (χ0) is 15.4. The van der Waals surface area contributed by atoms with E-state index in [4.69, 9.17) is 14.2 Å². The summed E-state index contributed by atoms with van der Waals surface area (Å²) < 4.78 is 15.7. The summed E-state index contributed by atoms with van der Waals surface area (Å²) >= 11 is 0. The standard InChI is InChI=1S/C14H25NO5/c1-8(2)15(9(3)4)14(17)20-10(5)13-12(16)11(18-6)7-19-13/h8-9,11-13,16H,5,7H2,1-4,6H3/t11-,12+,13+/m0/s1. The molecule has 0 bridgehead atoms. The third-order valence-corrected chi connectivity index (χ3v) is 3.29. The fourth-order valence-corrected chi connectivity index (χ4v) is 2.32. The van der Waals surface area contributed by atoms with Gasteiger partial charge in [0, 0.05) is 19.2 Å². The molecular formula is C14H25NO5. The van der Waals surface area contributed by atoms with Crippen LogP contribution in [0.15, 0.2) is 12.3 Å². The number of aliphatic hydroxyl groups is 1. The summed E-state index contributed by atoms with van der Waals surface area (Å²) in [6.45, 7) is 11.6.